The maximum Gasteiger partial charge on any atom is 0.226 e. The van der Waals surface area contributed by atoms with Crippen molar-refractivity contribution in [3.8, 4) is 5.75 Å². The van der Waals surface area contributed by atoms with E-state index in [0.29, 0.717) is 17.4 Å². The molecule has 1 amide bonds. The van der Waals surface area contributed by atoms with Gasteiger partial charge >= 0.3 is 0 Å². The van der Waals surface area contributed by atoms with Gasteiger partial charge in [0.05, 0.1) is 24.8 Å². The monoisotopic (exact) mass is 289 g/mol. The molecule has 2 heterocycles. The van der Waals surface area contributed by atoms with Gasteiger partial charge in [0.1, 0.15) is 5.75 Å². The Hall–Kier alpha value is -2.08. The van der Waals surface area contributed by atoms with Gasteiger partial charge in [-0.3, -0.25) is 4.79 Å². The first-order chi connectivity index (χ1) is 9.72. The third kappa shape index (κ3) is 2.75. The van der Waals surface area contributed by atoms with Crippen molar-refractivity contribution in [3.63, 3.8) is 0 Å². The molecule has 0 fully saturated rings. The molecule has 6 heteroatoms. The Morgan fingerprint density at radius 2 is 2.35 bits per heavy atom. The van der Waals surface area contributed by atoms with Crippen molar-refractivity contribution in [3.05, 3.63) is 40.9 Å². The molecule has 3 rings (SSSR count). The van der Waals surface area contributed by atoms with Crippen LogP contribution in [0.1, 0.15) is 23.7 Å². The number of carbonyl (C=O) groups is 1. The molecule has 1 aromatic carbocycles. The minimum Gasteiger partial charge on any atom is -0.493 e. The molecule has 1 aliphatic heterocycles. The van der Waals surface area contributed by atoms with E-state index in [4.69, 9.17) is 10.5 Å². The summed E-state index contributed by atoms with van der Waals surface area (Å²) in [7, 11) is 0. The van der Waals surface area contributed by atoms with Gasteiger partial charge in [-0.1, -0.05) is 18.2 Å². The van der Waals surface area contributed by atoms with E-state index in [-0.39, 0.29) is 18.4 Å². The fourth-order valence-electron chi connectivity index (χ4n) is 2.31. The normalized spacial score (nSPS) is 17.1. The third-order valence-corrected chi connectivity index (χ3v) is 3.93. The second-order valence-electron chi connectivity index (χ2n) is 4.65. The number of fused-ring (bicyclic) bond motifs is 1. The van der Waals surface area contributed by atoms with Gasteiger partial charge in [0, 0.05) is 17.4 Å². The summed E-state index contributed by atoms with van der Waals surface area (Å²) in [6.45, 7) is 0.617. The number of nitrogen functional groups attached to an aromatic ring is 1. The fourth-order valence-corrected chi connectivity index (χ4v) is 2.87. The molecule has 20 heavy (non-hydrogen) atoms. The van der Waals surface area contributed by atoms with Gasteiger partial charge < -0.3 is 15.8 Å². The van der Waals surface area contributed by atoms with Crippen molar-refractivity contribution in [2.45, 2.75) is 18.9 Å². The van der Waals surface area contributed by atoms with Crippen molar-refractivity contribution < 1.29 is 9.53 Å². The Labute approximate surface area is 120 Å². The van der Waals surface area contributed by atoms with E-state index >= 15 is 0 Å². The van der Waals surface area contributed by atoms with Crippen LogP contribution in [-0.2, 0) is 11.2 Å². The Morgan fingerprint density at radius 3 is 3.15 bits per heavy atom. The number of hydrogen-bond acceptors (Lipinski definition) is 5. The highest BCUT2D eigenvalue weighted by molar-refractivity contribution is 7.13. The summed E-state index contributed by atoms with van der Waals surface area (Å²) in [5.74, 6) is 0.805. The summed E-state index contributed by atoms with van der Waals surface area (Å²) in [4.78, 5) is 16.2. The third-order valence-electron chi connectivity index (χ3n) is 3.20. The van der Waals surface area contributed by atoms with Gasteiger partial charge in [-0.2, -0.15) is 0 Å². The first-order valence-corrected chi connectivity index (χ1v) is 7.31. The minimum atomic E-state index is -0.0444. The fraction of sp³-hybridized carbons (Fsp3) is 0.286. The lowest BCUT2D eigenvalue weighted by Gasteiger charge is -2.26. The van der Waals surface area contributed by atoms with Crippen LogP contribution in [0.3, 0.4) is 0 Å². The van der Waals surface area contributed by atoms with E-state index in [2.05, 4.69) is 10.3 Å². The number of amides is 1. The van der Waals surface area contributed by atoms with Gasteiger partial charge in [0.15, 0.2) is 5.13 Å². The number of nitrogens with one attached hydrogen (secondary N) is 1. The highest BCUT2D eigenvalue weighted by atomic mass is 32.1. The lowest BCUT2D eigenvalue weighted by Crippen LogP contribution is -2.33. The van der Waals surface area contributed by atoms with Gasteiger partial charge in [-0.15, -0.1) is 11.3 Å². The highest BCUT2D eigenvalue weighted by Crippen LogP contribution is 2.31. The predicted octanol–water partition coefficient (Wildman–Crippen LogP) is 1.91. The molecule has 104 valence electrons. The number of nitrogens with two attached hydrogens (primary N) is 1. The second-order valence-corrected chi connectivity index (χ2v) is 5.54. The number of thiazole rings is 1. The number of carbonyl (C=O) groups excluding carboxylic acids is 1. The quantitative estimate of drug-likeness (QED) is 0.905. The molecule has 0 saturated carbocycles. The summed E-state index contributed by atoms with van der Waals surface area (Å²) in [5.41, 5.74) is 7.31. The molecule has 5 nitrogen and oxygen atoms in total. The number of hydrogen-bond donors (Lipinski definition) is 2. The number of rotatable bonds is 3. The molecule has 0 saturated heterocycles. The topological polar surface area (TPSA) is 77.2 Å². The molecule has 0 bridgehead atoms. The zero-order valence-electron chi connectivity index (χ0n) is 10.8. The van der Waals surface area contributed by atoms with Gasteiger partial charge in [0.2, 0.25) is 5.91 Å². The van der Waals surface area contributed by atoms with Crippen LogP contribution in [0.2, 0.25) is 0 Å². The molecule has 1 unspecified atom stereocenters. The Morgan fingerprint density at radius 1 is 1.50 bits per heavy atom. The number of ether oxygens (including phenoxy) is 1. The van der Waals surface area contributed by atoms with Crippen molar-refractivity contribution in [2.24, 2.45) is 0 Å². The average Bonchev–Trinajstić information content (AvgIpc) is 2.84. The Bertz CT molecular complexity index is 626. The van der Waals surface area contributed by atoms with Crippen molar-refractivity contribution in [1.29, 1.82) is 0 Å². The SMILES string of the molecule is Nc1nc(CC(=O)NC2CCOc3ccccc32)cs1. The van der Waals surface area contributed by atoms with Gasteiger partial charge in [-0.25, -0.2) is 4.98 Å². The van der Waals surface area contributed by atoms with Crippen LogP contribution in [0.25, 0.3) is 0 Å². The van der Waals surface area contributed by atoms with Crippen LogP contribution in [0, 0.1) is 0 Å². The zero-order valence-corrected chi connectivity index (χ0v) is 11.7. The van der Waals surface area contributed by atoms with Crippen LogP contribution in [-0.4, -0.2) is 17.5 Å². The van der Waals surface area contributed by atoms with Crippen LogP contribution in [0.4, 0.5) is 5.13 Å². The first-order valence-electron chi connectivity index (χ1n) is 6.43. The molecule has 3 N–H and O–H groups in total. The molecule has 0 spiro atoms. The number of nitrogens with zero attached hydrogens (tertiary/aromatic N) is 1. The van der Waals surface area contributed by atoms with Crippen molar-refractivity contribution >= 4 is 22.4 Å². The van der Waals surface area contributed by atoms with Gasteiger partial charge in [0.25, 0.3) is 0 Å². The number of aromatic nitrogens is 1. The van der Waals surface area contributed by atoms with Crippen LogP contribution in [0.15, 0.2) is 29.6 Å². The van der Waals surface area contributed by atoms with E-state index in [1.807, 2.05) is 29.6 Å². The summed E-state index contributed by atoms with van der Waals surface area (Å²) >= 11 is 1.35. The summed E-state index contributed by atoms with van der Waals surface area (Å²) in [6, 6.07) is 7.80. The number of para-hydroxylation sites is 1. The molecule has 1 aliphatic rings. The molecule has 0 aliphatic carbocycles. The largest absolute Gasteiger partial charge is 0.493 e. The predicted molar refractivity (Wildman–Crippen MR) is 77.7 cm³/mol. The van der Waals surface area contributed by atoms with E-state index in [1.54, 1.807) is 0 Å². The van der Waals surface area contributed by atoms with E-state index in [0.717, 1.165) is 17.7 Å². The molecule has 1 atom stereocenters. The molecular formula is C14H15N3O2S. The highest BCUT2D eigenvalue weighted by Gasteiger charge is 2.22. The van der Waals surface area contributed by atoms with E-state index in [9.17, 15) is 4.79 Å². The molecule has 1 aromatic heterocycles. The van der Waals surface area contributed by atoms with E-state index in [1.165, 1.54) is 11.3 Å². The molecule has 2 aromatic rings. The first kappa shape index (κ1) is 12.9. The standard InChI is InChI=1S/C14H15N3O2S/c15-14-16-9(8-20-14)7-13(18)17-11-5-6-19-12-4-2-1-3-10(11)12/h1-4,8,11H,5-7H2,(H2,15,16)(H,17,18). The number of anilines is 1. The summed E-state index contributed by atoms with van der Waals surface area (Å²) < 4.78 is 5.58. The average molecular weight is 289 g/mol. The maximum atomic E-state index is 12.1. The summed E-state index contributed by atoms with van der Waals surface area (Å²) in [6.07, 6.45) is 1.04. The molecular weight excluding hydrogens is 274 g/mol. The lowest BCUT2D eigenvalue weighted by atomic mass is 10.0. The van der Waals surface area contributed by atoms with Crippen molar-refractivity contribution in [1.82, 2.24) is 10.3 Å². The number of benzene rings is 1. The molecule has 0 radical (unpaired) electrons. The Balaban J connectivity index is 1.68. The van der Waals surface area contributed by atoms with Crippen LogP contribution < -0.4 is 15.8 Å². The summed E-state index contributed by atoms with van der Waals surface area (Å²) in [5, 5.41) is 5.34. The smallest absolute Gasteiger partial charge is 0.226 e. The van der Waals surface area contributed by atoms with Crippen LogP contribution in [0.5, 0.6) is 5.75 Å². The van der Waals surface area contributed by atoms with Gasteiger partial charge in [-0.05, 0) is 6.07 Å². The second kappa shape index (κ2) is 5.50. The van der Waals surface area contributed by atoms with Crippen LogP contribution >= 0.6 is 11.3 Å². The maximum absolute atomic E-state index is 12.1. The van der Waals surface area contributed by atoms with E-state index < -0.39 is 0 Å². The minimum absolute atomic E-state index is 0.00318. The Kier molecular flexibility index (Phi) is 3.56. The van der Waals surface area contributed by atoms with Crippen molar-refractivity contribution in [2.75, 3.05) is 12.3 Å². The lowest BCUT2D eigenvalue weighted by molar-refractivity contribution is -0.121. The zero-order chi connectivity index (χ0) is 13.9.